The lowest BCUT2D eigenvalue weighted by atomic mass is 9.90. The van der Waals surface area contributed by atoms with Gasteiger partial charge in [-0.3, -0.25) is 4.79 Å². The van der Waals surface area contributed by atoms with Crippen LogP contribution in [0.15, 0.2) is 18.2 Å². The van der Waals surface area contributed by atoms with E-state index in [2.05, 4.69) is 28.8 Å². The first kappa shape index (κ1) is 18.2. The van der Waals surface area contributed by atoms with Crippen LogP contribution in [-0.4, -0.2) is 45.9 Å². The number of hydrogen-bond donors (Lipinski definition) is 2. The summed E-state index contributed by atoms with van der Waals surface area (Å²) in [5.41, 5.74) is 2.91. The zero-order valence-electron chi connectivity index (χ0n) is 15.2. The molecular formula is C20H30N2O3. The third-order valence-electron chi connectivity index (χ3n) is 5.19. The van der Waals surface area contributed by atoms with Crippen molar-refractivity contribution in [2.24, 2.45) is 11.8 Å². The molecule has 0 saturated carbocycles. The quantitative estimate of drug-likeness (QED) is 0.706. The first-order valence-electron chi connectivity index (χ1n) is 9.48. The summed E-state index contributed by atoms with van der Waals surface area (Å²) in [5, 5.41) is 6.39. The van der Waals surface area contributed by atoms with Crippen LogP contribution >= 0.6 is 0 Å². The van der Waals surface area contributed by atoms with Gasteiger partial charge in [0, 0.05) is 39.3 Å². The molecule has 25 heavy (non-hydrogen) atoms. The Morgan fingerprint density at radius 1 is 1.28 bits per heavy atom. The molecule has 2 atom stereocenters. The molecule has 0 radical (unpaired) electrons. The van der Waals surface area contributed by atoms with E-state index in [0.717, 1.165) is 31.7 Å². The topological polar surface area (TPSA) is 59.6 Å². The van der Waals surface area contributed by atoms with E-state index in [4.69, 9.17) is 9.47 Å². The molecule has 1 saturated heterocycles. The van der Waals surface area contributed by atoms with Crippen LogP contribution < -0.4 is 15.4 Å². The number of aryl methyl sites for hydroxylation is 2. The highest BCUT2D eigenvalue weighted by Gasteiger charge is 2.27. The molecule has 1 heterocycles. The number of methoxy groups -OCH3 is 1. The van der Waals surface area contributed by atoms with Crippen molar-refractivity contribution >= 4 is 5.91 Å². The monoisotopic (exact) mass is 346 g/mol. The van der Waals surface area contributed by atoms with E-state index < -0.39 is 0 Å². The van der Waals surface area contributed by atoms with Gasteiger partial charge < -0.3 is 20.1 Å². The SMILES string of the molecule is COCCCNC(=O)[C@H]1CNC[C@@H](COc2ccc3c(c2)CCC3)C1. The molecule has 1 aromatic carbocycles. The molecule has 1 aromatic rings. The van der Waals surface area contributed by atoms with E-state index in [0.29, 0.717) is 25.7 Å². The number of piperidine rings is 1. The Morgan fingerprint density at radius 3 is 3.04 bits per heavy atom. The standard InChI is InChI=1S/C20H30N2O3/c1-24-9-3-8-22-20(23)18-10-15(12-21-13-18)14-25-19-7-6-16-4-2-5-17(16)11-19/h6-7,11,15,18,21H,2-5,8-10,12-14H2,1H3,(H,22,23)/t15-,18+/m0/s1. The van der Waals surface area contributed by atoms with Gasteiger partial charge in [0.25, 0.3) is 0 Å². The number of nitrogens with one attached hydrogen (secondary N) is 2. The molecule has 0 unspecified atom stereocenters. The van der Waals surface area contributed by atoms with E-state index >= 15 is 0 Å². The van der Waals surface area contributed by atoms with Crippen LogP contribution in [-0.2, 0) is 22.4 Å². The zero-order valence-corrected chi connectivity index (χ0v) is 15.2. The number of benzene rings is 1. The minimum absolute atomic E-state index is 0.0323. The fourth-order valence-electron chi connectivity index (χ4n) is 3.78. The molecule has 3 rings (SSSR count). The highest BCUT2D eigenvalue weighted by molar-refractivity contribution is 5.79. The second-order valence-corrected chi connectivity index (χ2v) is 7.19. The molecule has 1 fully saturated rings. The van der Waals surface area contributed by atoms with Gasteiger partial charge in [-0.2, -0.15) is 0 Å². The van der Waals surface area contributed by atoms with Gasteiger partial charge in [0.15, 0.2) is 0 Å². The number of fused-ring (bicyclic) bond motifs is 1. The van der Waals surface area contributed by atoms with Crippen LogP contribution in [0.2, 0.25) is 0 Å². The van der Waals surface area contributed by atoms with Crippen LogP contribution in [0, 0.1) is 11.8 Å². The zero-order chi connectivity index (χ0) is 17.5. The average Bonchev–Trinajstić information content (AvgIpc) is 3.11. The predicted molar refractivity (Wildman–Crippen MR) is 97.9 cm³/mol. The third-order valence-corrected chi connectivity index (χ3v) is 5.19. The summed E-state index contributed by atoms with van der Waals surface area (Å²) in [4.78, 5) is 12.3. The van der Waals surface area contributed by atoms with E-state index in [9.17, 15) is 4.79 Å². The lowest BCUT2D eigenvalue weighted by Gasteiger charge is -2.29. The number of carbonyl (C=O) groups is 1. The summed E-state index contributed by atoms with van der Waals surface area (Å²) >= 11 is 0. The summed E-state index contributed by atoms with van der Waals surface area (Å²) in [7, 11) is 1.68. The molecule has 5 nitrogen and oxygen atoms in total. The average molecular weight is 346 g/mol. The van der Waals surface area contributed by atoms with Crippen molar-refractivity contribution in [3.05, 3.63) is 29.3 Å². The lowest BCUT2D eigenvalue weighted by molar-refractivity contribution is -0.126. The van der Waals surface area contributed by atoms with E-state index in [1.807, 2.05) is 0 Å². The van der Waals surface area contributed by atoms with Crippen molar-refractivity contribution in [1.29, 1.82) is 0 Å². The molecular weight excluding hydrogens is 316 g/mol. The first-order chi connectivity index (χ1) is 12.3. The smallest absolute Gasteiger partial charge is 0.224 e. The van der Waals surface area contributed by atoms with Gasteiger partial charge >= 0.3 is 0 Å². The molecule has 0 bridgehead atoms. The normalized spacial score (nSPS) is 22.4. The van der Waals surface area contributed by atoms with Gasteiger partial charge in [0.1, 0.15) is 5.75 Å². The van der Waals surface area contributed by atoms with Crippen molar-refractivity contribution in [2.75, 3.05) is 40.0 Å². The van der Waals surface area contributed by atoms with Gasteiger partial charge in [0.2, 0.25) is 5.91 Å². The molecule has 2 aliphatic rings. The van der Waals surface area contributed by atoms with Gasteiger partial charge in [0.05, 0.1) is 12.5 Å². The largest absolute Gasteiger partial charge is 0.493 e. The fraction of sp³-hybridized carbons (Fsp3) is 0.650. The van der Waals surface area contributed by atoms with Crippen LogP contribution in [0.4, 0.5) is 0 Å². The molecule has 1 aliphatic heterocycles. The Hall–Kier alpha value is -1.59. The molecule has 1 amide bonds. The maximum Gasteiger partial charge on any atom is 0.224 e. The lowest BCUT2D eigenvalue weighted by Crippen LogP contribution is -2.45. The van der Waals surface area contributed by atoms with Crippen LogP contribution in [0.3, 0.4) is 0 Å². The van der Waals surface area contributed by atoms with Crippen LogP contribution in [0.25, 0.3) is 0 Å². The highest BCUT2D eigenvalue weighted by Crippen LogP contribution is 2.27. The number of rotatable bonds is 8. The van der Waals surface area contributed by atoms with E-state index in [1.165, 1.54) is 30.4 Å². The van der Waals surface area contributed by atoms with Crippen molar-refractivity contribution in [3.63, 3.8) is 0 Å². The molecule has 5 heteroatoms. The summed E-state index contributed by atoms with van der Waals surface area (Å²) in [5.74, 6) is 1.51. The Kier molecular flexibility index (Phi) is 6.70. The molecule has 0 aromatic heterocycles. The van der Waals surface area contributed by atoms with Crippen molar-refractivity contribution in [3.8, 4) is 5.75 Å². The molecule has 0 spiro atoms. The molecule has 138 valence electrons. The van der Waals surface area contributed by atoms with Gasteiger partial charge in [-0.1, -0.05) is 6.07 Å². The Morgan fingerprint density at radius 2 is 2.16 bits per heavy atom. The highest BCUT2D eigenvalue weighted by atomic mass is 16.5. The Labute approximate surface area is 150 Å². The van der Waals surface area contributed by atoms with Gasteiger partial charge in [-0.25, -0.2) is 0 Å². The van der Waals surface area contributed by atoms with Crippen molar-refractivity contribution in [1.82, 2.24) is 10.6 Å². The number of ether oxygens (including phenoxy) is 2. The second-order valence-electron chi connectivity index (χ2n) is 7.19. The fourth-order valence-corrected chi connectivity index (χ4v) is 3.78. The van der Waals surface area contributed by atoms with Gasteiger partial charge in [-0.05, 0) is 55.4 Å². The van der Waals surface area contributed by atoms with Crippen molar-refractivity contribution in [2.45, 2.75) is 32.1 Å². The maximum absolute atomic E-state index is 12.3. The van der Waals surface area contributed by atoms with Gasteiger partial charge in [-0.15, -0.1) is 0 Å². The predicted octanol–water partition coefficient (Wildman–Crippen LogP) is 1.93. The second kappa shape index (κ2) is 9.20. The van der Waals surface area contributed by atoms with E-state index in [1.54, 1.807) is 7.11 Å². The summed E-state index contributed by atoms with van der Waals surface area (Å²) < 4.78 is 11.0. The third kappa shape index (κ3) is 5.19. The minimum Gasteiger partial charge on any atom is -0.493 e. The minimum atomic E-state index is 0.0323. The summed E-state index contributed by atoms with van der Waals surface area (Å²) in [6, 6.07) is 6.48. The number of carbonyl (C=O) groups excluding carboxylic acids is 1. The molecule has 2 N–H and O–H groups in total. The Bertz CT molecular complexity index is 576. The van der Waals surface area contributed by atoms with Crippen molar-refractivity contribution < 1.29 is 14.3 Å². The summed E-state index contributed by atoms with van der Waals surface area (Å²) in [6.07, 6.45) is 5.36. The van der Waals surface area contributed by atoms with Crippen LogP contribution in [0.1, 0.15) is 30.4 Å². The first-order valence-corrected chi connectivity index (χ1v) is 9.48. The van der Waals surface area contributed by atoms with E-state index in [-0.39, 0.29) is 11.8 Å². The number of amides is 1. The maximum atomic E-state index is 12.3. The Balaban J connectivity index is 1.43. The van der Waals surface area contributed by atoms with Crippen LogP contribution in [0.5, 0.6) is 5.75 Å². The number of hydrogen-bond acceptors (Lipinski definition) is 4. The molecule has 1 aliphatic carbocycles. The summed E-state index contributed by atoms with van der Waals surface area (Å²) in [6.45, 7) is 3.70.